The van der Waals surface area contributed by atoms with Gasteiger partial charge in [-0.15, -0.1) is 0 Å². The van der Waals surface area contributed by atoms with E-state index in [0.717, 1.165) is 30.6 Å². The summed E-state index contributed by atoms with van der Waals surface area (Å²) in [7, 11) is 0. The molecule has 2 aromatic carbocycles. The van der Waals surface area contributed by atoms with Gasteiger partial charge in [0, 0.05) is 22.9 Å². The molecule has 1 unspecified atom stereocenters. The normalized spacial score (nSPS) is 14.8. The van der Waals surface area contributed by atoms with E-state index in [2.05, 4.69) is 24.2 Å². The lowest BCUT2D eigenvalue weighted by Gasteiger charge is -2.16. The molecule has 34 heavy (non-hydrogen) atoms. The van der Waals surface area contributed by atoms with E-state index < -0.39 is 11.6 Å². The van der Waals surface area contributed by atoms with Crippen molar-refractivity contribution in [2.75, 3.05) is 18.6 Å². The standard InChI is InChI=1S/C28H31F2NO2S/c1-17-12-20-6-7-22(15-21(20)13-17)33-16-24-25(29)9-8-23(28(24)30)27-18(2)14-26(31-19(27)3)32-10-5-11-34-4/h6-9,14-15,17H,5,10-13,16H2,1-4H3. The number of ether oxygens (including phenoxy) is 2. The Labute approximate surface area is 204 Å². The third-order valence-electron chi connectivity index (χ3n) is 6.27. The van der Waals surface area contributed by atoms with Gasteiger partial charge in [-0.25, -0.2) is 13.8 Å². The van der Waals surface area contributed by atoms with Crippen LogP contribution in [0.15, 0.2) is 36.4 Å². The fourth-order valence-electron chi connectivity index (χ4n) is 4.64. The van der Waals surface area contributed by atoms with E-state index in [4.69, 9.17) is 9.47 Å². The van der Waals surface area contributed by atoms with Gasteiger partial charge in [0.1, 0.15) is 24.0 Å². The van der Waals surface area contributed by atoms with Gasteiger partial charge in [0.25, 0.3) is 0 Å². The van der Waals surface area contributed by atoms with E-state index in [1.807, 2.05) is 32.0 Å². The SMILES string of the molecule is CSCCCOc1cc(C)c(-c2ccc(F)c(COc3ccc4c(c3)CC(C)C4)c2F)c(C)n1. The summed E-state index contributed by atoms with van der Waals surface area (Å²) in [6.07, 6.45) is 5.06. The van der Waals surface area contributed by atoms with Gasteiger partial charge < -0.3 is 9.47 Å². The summed E-state index contributed by atoms with van der Waals surface area (Å²) in [5.74, 6) is 1.56. The van der Waals surface area contributed by atoms with Crippen molar-refractivity contribution >= 4 is 11.8 Å². The number of nitrogens with zero attached hydrogens (tertiary/aromatic N) is 1. The first-order valence-corrected chi connectivity index (χ1v) is 13.1. The van der Waals surface area contributed by atoms with Crippen molar-refractivity contribution < 1.29 is 18.3 Å². The predicted molar refractivity (Wildman–Crippen MR) is 135 cm³/mol. The number of rotatable bonds is 9. The highest BCUT2D eigenvalue weighted by atomic mass is 32.2. The van der Waals surface area contributed by atoms with Crippen molar-refractivity contribution in [2.45, 2.75) is 46.6 Å². The monoisotopic (exact) mass is 483 g/mol. The number of hydrogen-bond donors (Lipinski definition) is 0. The molecule has 1 heterocycles. The van der Waals surface area contributed by atoms with Gasteiger partial charge in [-0.1, -0.05) is 13.0 Å². The van der Waals surface area contributed by atoms with Crippen LogP contribution in [0.5, 0.6) is 11.6 Å². The van der Waals surface area contributed by atoms with Gasteiger partial charge in [-0.05, 0) is 92.0 Å². The molecule has 1 aliphatic carbocycles. The second-order valence-corrected chi connectivity index (χ2v) is 10.0. The number of halogens is 2. The maximum atomic E-state index is 15.6. The Morgan fingerprint density at radius 3 is 2.59 bits per heavy atom. The van der Waals surface area contributed by atoms with Gasteiger partial charge in [0.15, 0.2) is 0 Å². The minimum absolute atomic E-state index is 0.0810. The van der Waals surface area contributed by atoms with Crippen LogP contribution >= 0.6 is 11.8 Å². The summed E-state index contributed by atoms with van der Waals surface area (Å²) in [5.41, 5.74) is 4.95. The maximum Gasteiger partial charge on any atom is 0.213 e. The Morgan fingerprint density at radius 1 is 1.03 bits per heavy atom. The van der Waals surface area contributed by atoms with E-state index in [1.54, 1.807) is 11.8 Å². The molecule has 1 atom stereocenters. The third kappa shape index (κ3) is 5.38. The number of aryl methyl sites for hydroxylation is 2. The van der Waals surface area contributed by atoms with Crippen LogP contribution in [0.1, 0.15) is 41.3 Å². The highest BCUT2D eigenvalue weighted by molar-refractivity contribution is 7.98. The minimum Gasteiger partial charge on any atom is -0.489 e. The van der Waals surface area contributed by atoms with Crippen LogP contribution in [0.3, 0.4) is 0 Å². The summed E-state index contributed by atoms with van der Waals surface area (Å²) in [6.45, 7) is 6.34. The van der Waals surface area contributed by atoms with E-state index in [-0.39, 0.29) is 12.2 Å². The van der Waals surface area contributed by atoms with Crippen LogP contribution in [0, 0.1) is 31.4 Å². The number of aromatic nitrogens is 1. The van der Waals surface area contributed by atoms with Crippen LogP contribution in [0.4, 0.5) is 8.78 Å². The molecule has 0 bridgehead atoms. The predicted octanol–water partition coefficient (Wildman–Crippen LogP) is 7.09. The summed E-state index contributed by atoms with van der Waals surface area (Å²) in [6, 6.07) is 10.5. The van der Waals surface area contributed by atoms with Crippen molar-refractivity contribution in [1.29, 1.82) is 0 Å². The molecule has 0 saturated carbocycles. The lowest BCUT2D eigenvalue weighted by atomic mass is 9.97. The molecular formula is C28H31F2NO2S. The van der Waals surface area contributed by atoms with Crippen LogP contribution in [0.25, 0.3) is 11.1 Å². The Morgan fingerprint density at radius 2 is 1.82 bits per heavy atom. The average Bonchev–Trinajstić information content (AvgIpc) is 3.17. The largest absolute Gasteiger partial charge is 0.489 e. The number of hydrogen-bond acceptors (Lipinski definition) is 4. The third-order valence-corrected chi connectivity index (χ3v) is 6.97. The van der Waals surface area contributed by atoms with Crippen LogP contribution in [-0.2, 0) is 19.4 Å². The lowest BCUT2D eigenvalue weighted by Crippen LogP contribution is -2.06. The zero-order valence-corrected chi connectivity index (χ0v) is 21.0. The smallest absolute Gasteiger partial charge is 0.213 e. The molecule has 0 fully saturated rings. The summed E-state index contributed by atoms with van der Waals surface area (Å²) >= 11 is 1.77. The molecule has 0 amide bonds. The second-order valence-electron chi connectivity index (χ2n) is 9.05. The fraction of sp³-hybridized carbons (Fsp3) is 0.393. The minimum atomic E-state index is -0.618. The fourth-order valence-corrected chi connectivity index (χ4v) is 5.05. The van der Waals surface area contributed by atoms with Gasteiger partial charge >= 0.3 is 0 Å². The Bertz CT molecular complexity index is 1160. The maximum absolute atomic E-state index is 15.6. The molecule has 6 heteroatoms. The van der Waals surface area contributed by atoms with Crippen molar-refractivity contribution in [3.8, 4) is 22.8 Å². The van der Waals surface area contributed by atoms with E-state index >= 15 is 4.39 Å². The molecule has 1 aliphatic rings. The Hall–Kier alpha value is -2.60. The molecule has 0 radical (unpaired) electrons. The number of fused-ring (bicyclic) bond motifs is 1. The van der Waals surface area contributed by atoms with Crippen LogP contribution < -0.4 is 9.47 Å². The van der Waals surface area contributed by atoms with E-state index in [0.29, 0.717) is 41.0 Å². The molecular weight excluding hydrogens is 452 g/mol. The first-order valence-electron chi connectivity index (χ1n) is 11.7. The molecule has 180 valence electrons. The molecule has 0 N–H and O–H groups in total. The van der Waals surface area contributed by atoms with Crippen molar-refractivity contribution in [3.05, 3.63) is 76.0 Å². The topological polar surface area (TPSA) is 31.4 Å². The highest BCUT2D eigenvalue weighted by Gasteiger charge is 2.21. The Balaban J connectivity index is 1.55. The number of benzene rings is 2. The number of thioether (sulfide) groups is 1. The van der Waals surface area contributed by atoms with Crippen molar-refractivity contribution in [1.82, 2.24) is 4.98 Å². The van der Waals surface area contributed by atoms with Gasteiger partial charge in [0.05, 0.1) is 12.2 Å². The first-order chi connectivity index (χ1) is 16.4. The zero-order chi connectivity index (χ0) is 24.2. The summed E-state index contributed by atoms with van der Waals surface area (Å²) < 4.78 is 41.8. The molecule has 0 aliphatic heterocycles. The van der Waals surface area contributed by atoms with Gasteiger partial charge in [-0.3, -0.25) is 0 Å². The molecule has 3 nitrogen and oxygen atoms in total. The summed E-state index contributed by atoms with van der Waals surface area (Å²) in [5, 5.41) is 0. The Kier molecular flexibility index (Phi) is 7.77. The molecule has 1 aromatic heterocycles. The van der Waals surface area contributed by atoms with Crippen molar-refractivity contribution in [3.63, 3.8) is 0 Å². The molecule has 4 rings (SSSR count). The zero-order valence-electron chi connectivity index (χ0n) is 20.2. The van der Waals surface area contributed by atoms with Crippen LogP contribution in [-0.4, -0.2) is 23.6 Å². The number of pyridine rings is 1. The van der Waals surface area contributed by atoms with Crippen LogP contribution in [0.2, 0.25) is 0 Å². The van der Waals surface area contributed by atoms with Gasteiger partial charge in [0.2, 0.25) is 5.88 Å². The second kappa shape index (κ2) is 10.8. The highest BCUT2D eigenvalue weighted by Crippen LogP contribution is 2.34. The molecule has 3 aromatic rings. The quantitative estimate of drug-likeness (QED) is 0.304. The first kappa shape index (κ1) is 24.5. The lowest BCUT2D eigenvalue weighted by molar-refractivity contribution is 0.292. The van der Waals surface area contributed by atoms with Gasteiger partial charge in [-0.2, -0.15) is 11.8 Å². The summed E-state index contributed by atoms with van der Waals surface area (Å²) in [4.78, 5) is 4.51. The molecule has 0 saturated heterocycles. The van der Waals surface area contributed by atoms with E-state index in [9.17, 15) is 4.39 Å². The molecule has 0 spiro atoms. The average molecular weight is 484 g/mol. The van der Waals surface area contributed by atoms with Crippen molar-refractivity contribution in [2.24, 2.45) is 5.92 Å². The van der Waals surface area contributed by atoms with E-state index in [1.165, 1.54) is 23.3 Å².